The lowest BCUT2D eigenvalue weighted by molar-refractivity contribution is -0.119. The number of ketones is 1. The Labute approximate surface area is 182 Å². The van der Waals surface area contributed by atoms with Gasteiger partial charge in [0, 0.05) is 12.8 Å². The van der Waals surface area contributed by atoms with Crippen molar-refractivity contribution in [3.8, 4) is 11.5 Å². The van der Waals surface area contributed by atoms with Gasteiger partial charge in [0.2, 0.25) is 0 Å². The molecule has 2 rings (SSSR count). The average Bonchev–Trinajstić information content (AvgIpc) is 2.79. The maximum absolute atomic E-state index is 12.0. The van der Waals surface area contributed by atoms with Crippen LogP contribution in [-0.2, 0) is 17.6 Å². The van der Waals surface area contributed by atoms with Crippen LogP contribution in [0, 0.1) is 0 Å². The molecule has 0 heterocycles. The van der Waals surface area contributed by atoms with Gasteiger partial charge in [0.1, 0.15) is 17.3 Å². The van der Waals surface area contributed by atoms with E-state index in [4.69, 9.17) is 9.47 Å². The Morgan fingerprint density at radius 3 is 1.30 bits per heavy atom. The third kappa shape index (κ3) is 9.96. The van der Waals surface area contributed by atoms with Crippen molar-refractivity contribution in [1.82, 2.24) is 0 Å². The molecule has 0 fully saturated rings. The molecule has 0 aromatic heterocycles. The van der Waals surface area contributed by atoms with Crippen LogP contribution in [0.15, 0.2) is 48.5 Å². The normalized spacial score (nSPS) is 10.7. The fourth-order valence-corrected chi connectivity index (χ4v) is 3.72. The molecule has 0 atom stereocenters. The molecule has 0 N–H and O–H groups in total. The molecule has 0 saturated carbocycles. The highest BCUT2D eigenvalue weighted by atomic mass is 16.5. The van der Waals surface area contributed by atoms with E-state index in [2.05, 4.69) is 24.3 Å². The highest BCUT2D eigenvalue weighted by Crippen LogP contribution is 2.16. The minimum atomic E-state index is 0.445. The van der Waals surface area contributed by atoms with Crippen LogP contribution in [-0.4, -0.2) is 20.0 Å². The summed E-state index contributed by atoms with van der Waals surface area (Å²) in [5, 5.41) is 0. The maximum atomic E-state index is 12.0. The first kappa shape index (κ1) is 24.0. The highest BCUT2D eigenvalue weighted by Gasteiger charge is 2.03. The van der Waals surface area contributed by atoms with Gasteiger partial charge < -0.3 is 9.47 Å². The zero-order valence-electron chi connectivity index (χ0n) is 18.8. The Morgan fingerprint density at radius 2 is 0.933 bits per heavy atom. The van der Waals surface area contributed by atoms with Gasteiger partial charge in [0.15, 0.2) is 0 Å². The van der Waals surface area contributed by atoms with Gasteiger partial charge in [-0.15, -0.1) is 0 Å². The second kappa shape index (κ2) is 14.7. The monoisotopic (exact) mass is 410 g/mol. The fraction of sp³-hybridized carbons (Fsp3) is 0.519. The van der Waals surface area contributed by atoms with Crippen molar-refractivity contribution in [3.05, 3.63) is 59.7 Å². The van der Waals surface area contributed by atoms with Gasteiger partial charge in [-0.3, -0.25) is 4.79 Å². The molecule has 0 aliphatic carbocycles. The number of carbonyl (C=O) groups excluding carboxylic acids is 1. The number of hydrogen-bond donors (Lipinski definition) is 0. The molecule has 0 bridgehead atoms. The molecule has 30 heavy (non-hydrogen) atoms. The summed E-state index contributed by atoms with van der Waals surface area (Å²) in [5.74, 6) is 2.27. The Kier molecular flexibility index (Phi) is 11.7. The van der Waals surface area contributed by atoms with Crippen LogP contribution in [0.3, 0.4) is 0 Å². The number of Topliss-reactive ketones (excluding diaryl/α,β-unsaturated/α-hetero) is 1. The number of ether oxygens (including phenoxy) is 2. The predicted molar refractivity (Wildman–Crippen MR) is 125 cm³/mol. The predicted octanol–water partition coefficient (Wildman–Crippen LogP) is 6.96. The lowest BCUT2D eigenvalue weighted by Gasteiger charge is -2.05. The molecule has 0 aliphatic rings. The van der Waals surface area contributed by atoms with Gasteiger partial charge >= 0.3 is 0 Å². The van der Waals surface area contributed by atoms with E-state index >= 15 is 0 Å². The molecule has 2 aromatic carbocycles. The highest BCUT2D eigenvalue weighted by molar-refractivity contribution is 5.78. The summed E-state index contributed by atoms with van der Waals surface area (Å²) >= 11 is 0. The average molecular weight is 411 g/mol. The van der Waals surface area contributed by atoms with E-state index in [9.17, 15) is 4.79 Å². The van der Waals surface area contributed by atoms with E-state index in [0.717, 1.165) is 62.9 Å². The topological polar surface area (TPSA) is 35.5 Å². The largest absolute Gasteiger partial charge is 0.497 e. The Bertz CT molecular complexity index is 642. The van der Waals surface area contributed by atoms with E-state index in [1.54, 1.807) is 14.2 Å². The molecule has 0 unspecified atom stereocenters. The van der Waals surface area contributed by atoms with Crippen molar-refractivity contribution in [2.24, 2.45) is 0 Å². The summed E-state index contributed by atoms with van der Waals surface area (Å²) < 4.78 is 10.4. The summed E-state index contributed by atoms with van der Waals surface area (Å²) in [4.78, 5) is 12.0. The Balaban J connectivity index is 1.40. The zero-order valence-corrected chi connectivity index (χ0v) is 18.8. The minimum Gasteiger partial charge on any atom is -0.497 e. The number of aryl methyl sites for hydroxylation is 2. The van der Waals surface area contributed by atoms with Gasteiger partial charge in [-0.05, 0) is 73.9 Å². The molecule has 3 heteroatoms. The number of unbranched alkanes of at least 4 members (excludes halogenated alkanes) is 6. The van der Waals surface area contributed by atoms with Crippen LogP contribution in [0.4, 0.5) is 0 Å². The van der Waals surface area contributed by atoms with Crippen molar-refractivity contribution in [1.29, 1.82) is 0 Å². The molecule has 0 saturated heterocycles. The molecule has 0 aliphatic heterocycles. The minimum absolute atomic E-state index is 0.445. The van der Waals surface area contributed by atoms with E-state index in [1.165, 1.54) is 36.8 Å². The van der Waals surface area contributed by atoms with Gasteiger partial charge in [-0.25, -0.2) is 0 Å². The Hall–Kier alpha value is -2.29. The first-order chi connectivity index (χ1) is 14.7. The summed E-state index contributed by atoms with van der Waals surface area (Å²) in [5.41, 5.74) is 2.72. The second-order valence-corrected chi connectivity index (χ2v) is 8.06. The van der Waals surface area contributed by atoms with Gasteiger partial charge in [0.25, 0.3) is 0 Å². The third-order valence-corrected chi connectivity index (χ3v) is 5.66. The standard InChI is InChI=1S/C27H38O3/c1-29-26-19-15-23(16-20-26)11-7-3-5-9-13-25(28)14-10-6-4-8-12-24-17-21-27(30-2)22-18-24/h15-22H,3-14H2,1-2H3. The quantitative estimate of drug-likeness (QED) is 0.281. The van der Waals surface area contributed by atoms with Crippen LogP contribution in [0.1, 0.15) is 75.3 Å². The molecular formula is C27H38O3. The number of rotatable bonds is 16. The Morgan fingerprint density at radius 1 is 0.567 bits per heavy atom. The van der Waals surface area contributed by atoms with Crippen molar-refractivity contribution in [2.45, 2.75) is 77.0 Å². The second-order valence-electron chi connectivity index (χ2n) is 8.06. The van der Waals surface area contributed by atoms with Crippen LogP contribution < -0.4 is 9.47 Å². The van der Waals surface area contributed by atoms with Crippen molar-refractivity contribution >= 4 is 5.78 Å². The molecule has 164 valence electrons. The molecular weight excluding hydrogens is 372 g/mol. The lowest BCUT2D eigenvalue weighted by atomic mass is 10.0. The van der Waals surface area contributed by atoms with Crippen molar-refractivity contribution in [2.75, 3.05) is 14.2 Å². The maximum Gasteiger partial charge on any atom is 0.132 e. The van der Waals surface area contributed by atoms with Crippen LogP contribution in [0.25, 0.3) is 0 Å². The lowest BCUT2D eigenvalue weighted by Crippen LogP contribution is -1.98. The smallest absolute Gasteiger partial charge is 0.132 e. The van der Waals surface area contributed by atoms with Crippen molar-refractivity contribution < 1.29 is 14.3 Å². The van der Waals surface area contributed by atoms with Crippen molar-refractivity contribution in [3.63, 3.8) is 0 Å². The first-order valence-electron chi connectivity index (χ1n) is 11.5. The fourth-order valence-electron chi connectivity index (χ4n) is 3.72. The number of carbonyl (C=O) groups is 1. The molecule has 0 radical (unpaired) electrons. The SMILES string of the molecule is COc1ccc(CCCCCCC(=O)CCCCCCc2ccc(OC)cc2)cc1. The van der Waals surface area contributed by atoms with Crippen LogP contribution in [0.2, 0.25) is 0 Å². The zero-order chi connectivity index (χ0) is 21.4. The number of hydrogen-bond acceptors (Lipinski definition) is 3. The molecule has 3 nitrogen and oxygen atoms in total. The summed E-state index contributed by atoms with van der Waals surface area (Å²) in [6, 6.07) is 16.6. The van der Waals surface area contributed by atoms with E-state index < -0.39 is 0 Å². The summed E-state index contributed by atoms with van der Waals surface area (Å²) in [6.07, 6.45) is 12.9. The van der Waals surface area contributed by atoms with Crippen LogP contribution >= 0.6 is 0 Å². The van der Waals surface area contributed by atoms with E-state index in [-0.39, 0.29) is 0 Å². The van der Waals surface area contributed by atoms with Crippen LogP contribution in [0.5, 0.6) is 11.5 Å². The molecule has 0 spiro atoms. The van der Waals surface area contributed by atoms with E-state index in [0.29, 0.717) is 5.78 Å². The summed E-state index contributed by atoms with van der Waals surface area (Å²) in [7, 11) is 3.39. The van der Waals surface area contributed by atoms with E-state index in [1.807, 2.05) is 24.3 Å². The van der Waals surface area contributed by atoms with Gasteiger partial charge in [0.05, 0.1) is 14.2 Å². The number of methoxy groups -OCH3 is 2. The molecule has 2 aromatic rings. The molecule has 0 amide bonds. The first-order valence-corrected chi connectivity index (χ1v) is 11.5. The number of benzene rings is 2. The third-order valence-electron chi connectivity index (χ3n) is 5.66. The van der Waals surface area contributed by atoms with Gasteiger partial charge in [-0.1, -0.05) is 49.9 Å². The van der Waals surface area contributed by atoms with Gasteiger partial charge in [-0.2, -0.15) is 0 Å². The summed E-state index contributed by atoms with van der Waals surface area (Å²) in [6.45, 7) is 0.